The summed E-state index contributed by atoms with van der Waals surface area (Å²) in [4.78, 5) is 0. The number of hydrogen-bond donors (Lipinski definition) is 1. The summed E-state index contributed by atoms with van der Waals surface area (Å²) >= 11 is 0. The second-order valence-electron chi connectivity index (χ2n) is 5.78. The summed E-state index contributed by atoms with van der Waals surface area (Å²) in [5.41, 5.74) is 6.58. The molecule has 2 aromatic carbocycles. The molecule has 0 radical (unpaired) electrons. The Morgan fingerprint density at radius 2 is 1.73 bits per heavy atom. The van der Waals surface area contributed by atoms with Gasteiger partial charge in [0.1, 0.15) is 12.4 Å². The summed E-state index contributed by atoms with van der Waals surface area (Å²) in [7, 11) is 0. The Labute approximate surface area is 130 Å². The number of allylic oxidation sites excluding steroid dienone is 1. The summed E-state index contributed by atoms with van der Waals surface area (Å²) in [5, 5.41) is 9.07. The summed E-state index contributed by atoms with van der Waals surface area (Å²) in [6.07, 6.45) is 5.37. The monoisotopic (exact) mass is 290 g/mol. The molecule has 0 bridgehead atoms. The number of rotatable bonds is 4. The molecule has 0 saturated heterocycles. The van der Waals surface area contributed by atoms with Crippen molar-refractivity contribution in [1.29, 1.82) is 0 Å². The van der Waals surface area contributed by atoms with E-state index < -0.39 is 0 Å². The average Bonchev–Trinajstić information content (AvgIpc) is 3.13. The average molecular weight is 290 g/mol. The van der Waals surface area contributed by atoms with E-state index in [1.54, 1.807) is 0 Å². The highest BCUT2D eigenvalue weighted by atomic mass is 16.5. The van der Waals surface area contributed by atoms with E-state index in [9.17, 15) is 0 Å². The zero-order valence-electron chi connectivity index (χ0n) is 12.3. The molecule has 0 fully saturated rings. The van der Waals surface area contributed by atoms with Crippen LogP contribution in [0.5, 0.6) is 0 Å². The summed E-state index contributed by atoms with van der Waals surface area (Å²) in [6.45, 7) is 0.385. The van der Waals surface area contributed by atoms with Crippen molar-refractivity contribution in [3.8, 4) is 0 Å². The molecule has 0 aromatic heterocycles. The van der Waals surface area contributed by atoms with Gasteiger partial charge in [0, 0.05) is 0 Å². The SMILES string of the molecule is OCCOC1=Cc2ccccc2C1C1=Cc2ccccc2C1. The third-order valence-corrected chi connectivity index (χ3v) is 4.41. The molecule has 1 unspecified atom stereocenters. The molecule has 1 N–H and O–H groups in total. The molecule has 2 aliphatic rings. The van der Waals surface area contributed by atoms with Crippen LogP contribution in [0.3, 0.4) is 0 Å². The number of aliphatic hydroxyl groups excluding tert-OH is 1. The van der Waals surface area contributed by atoms with Gasteiger partial charge in [0.05, 0.1) is 12.5 Å². The maximum atomic E-state index is 9.07. The summed E-state index contributed by atoms with van der Waals surface area (Å²) < 4.78 is 5.83. The molecule has 0 aliphatic heterocycles. The lowest BCUT2D eigenvalue weighted by Gasteiger charge is -2.18. The van der Waals surface area contributed by atoms with Gasteiger partial charge in [-0.25, -0.2) is 0 Å². The Hall–Kier alpha value is -2.32. The van der Waals surface area contributed by atoms with Gasteiger partial charge < -0.3 is 9.84 Å². The highest BCUT2D eigenvalue weighted by Crippen LogP contribution is 2.45. The third kappa shape index (κ3) is 2.16. The molecular formula is C20H18O2. The molecule has 0 amide bonds. The van der Waals surface area contributed by atoms with Crippen LogP contribution in [0.25, 0.3) is 12.2 Å². The number of fused-ring (bicyclic) bond motifs is 2. The first-order valence-corrected chi connectivity index (χ1v) is 7.69. The molecule has 0 saturated carbocycles. The third-order valence-electron chi connectivity index (χ3n) is 4.41. The topological polar surface area (TPSA) is 29.5 Å². The lowest BCUT2D eigenvalue weighted by atomic mass is 9.90. The summed E-state index contributed by atoms with van der Waals surface area (Å²) in [6, 6.07) is 17.0. The van der Waals surface area contributed by atoms with Gasteiger partial charge in [0.2, 0.25) is 0 Å². The molecule has 2 aliphatic carbocycles. The second kappa shape index (κ2) is 5.47. The number of benzene rings is 2. The highest BCUT2D eigenvalue weighted by Gasteiger charge is 2.31. The van der Waals surface area contributed by atoms with Crippen molar-refractivity contribution in [3.05, 3.63) is 82.1 Å². The van der Waals surface area contributed by atoms with Crippen LogP contribution >= 0.6 is 0 Å². The van der Waals surface area contributed by atoms with E-state index in [0.717, 1.165) is 12.2 Å². The molecule has 2 aromatic rings. The molecule has 110 valence electrons. The molecular weight excluding hydrogens is 272 g/mol. The summed E-state index contributed by atoms with van der Waals surface area (Å²) in [5.74, 6) is 1.13. The second-order valence-corrected chi connectivity index (χ2v) is 5.78. The Morgan fingerprint density at radius 3 is 2.55 bits per heavy atom. The number of hydrogen-bond acceptors (Lipinski definition) is 2. The fourth-order valence-corrected chi connectivity index (χ4v) is 3.46. The van der Waals surface area contributed by atoms with Crippen molar-refractivity contribution in [1.82, 2.24) is 0 Å². The van der Waals surface area contributed by atoms with E-state index in [1.807, 2.05) is 0 Å². The fourth-order valence-electron chi connectivity index (χ4n) is 3.46. The van der Waals surface area contributed by atoms with E-state index in [4.69, 9.17) is 9.84 Å². The van der Waals surface area contributed by atoms with Crippen molar-refractivity contribution in [2.45, 2.75) is 12.3 Å². The van der Waals surface area contributed by atoms with Gasteiger partial charge >= 0.3 is 0 Å². The lowest BCUT2D eigenvalue weighted by molar-refractivity contribution is 0.140. The predicted molar refractivity (Wildman–Crippen MR) is 88.3 cm³/mol. The van der Waals surface area contributed by atoms with Gasteiger partial charge in [-0.15, -0.1) is 0 Å². The van der Waals surface area contributed by atoms with Gasteiger partial charge in [-0.2, -0.15) is 0 Å². The lowest BCUT2D eigenvalue weighted by Crippen LogP contribution is -2.08. The smallest absolute Gasteiger partial charge is 0.111 e. The van der Waals surface area contributed by atoms with Crippen molar-refractivity contribution >= 4 is 12.2 Å². The van der Waals surface area contributed by atoms with Crippen LogP contribution in [-0.2, 0) is 11.2 Å². The van der Waals surface area contributed by atoms with Crippen molar-refractivity contribution < 1.29 is 9.84 Å². The van der Waals surface area contributed by atoms with E-state index >= 15 is 0 Å². The van der Waals surface area contributed by atoms with Gasteiger partial charge in [0.15, 0.2) is 0 Å². The largest absolute Gasteiger partial charge is 0.495 e. The Kier molecular flexibility index (Phi) is 3.32. The zero-order valence-corrected chi connectivity index (χ0v) is 12.3. The normalized spacial score (nSPS) is 18.5. The first kappa shape index (κ1) is 13.4. The Balaban J connectivity index is 1.72. The van der Waals surface area contributed by atoms with E-state index in [2.05, 4.69) is 60.7 Å². The van der Waals surface area contributed by atoms with Gasteiger partial charge in [-0.05, 0) is 34.8 Å². The standard InChI is InChI=1S/C20H18O2/c21-9-10-22-19-13-16-7-3-4-8-18(16)20(19)17-11-14-5-1-2-6-15(14)12-17/h1-8,11,13,20-21H,9-10,12H2. The van der Waals surface area contributed by atoms with Gasteiger partial charge in [0.25, 0.3) is 0 Å². The first-order chi connectivity index (χ1) is 10.9. The van der Waals surface area contributed by atoms with Crippen LogP contribution in [0, 0.1) is 0 Å². The first-order valence-electron chi connectivity index (χ1n) is 7.69. The van der Waals surface area contributed by atoms with E-state index in [0.29, 0.717) is 6.61 Å². The molecule has 1 atom stereocenters. The van der Waals surface area contributed by atoms with Crippen LogP contribution < -0.4 is 0 Å². The predicted octanol–water partition coefficient (Wildman–Crippen LogP) is 3.77. The minimum absolute atomic E-state index is 0.0413. The van der Waals surface area contributed by atoms with Crippen molar-refractivity contribution in [3.63, 3.8) is 0 Å². The van der Waals surface area contributed by atoms with Gasteiger partial charge in [-0.3, -0.25) is 0 Å². The van der Waals surface area contributed by atoms with Crippen LogP contribution in [0.2, 0.25) is 0 Å². The van der Waals surface area contributed by atoms with Crippen LogP contribution in [0.4, 0.5) is 0 Å². The van der Waals surface area contributed by atoms with Crippen LogP contribution in [0.15, 0.2) is 59.9 Å². The molecule has 4 rings (SSSR count). The van der Waals surface area contributed by atoms with Gasteiger partial charge in [-0.1, -0.05) is 60.2 Å². The molecule has 2 nitrogen and oxygen atoms in total. The number of aliphatic hydroxyl groups is 1. The highest BCUT2D eigenvalue weighted by molar-refractivity contribution is 5.73. The van der Waals surface area contributed by atoms with Crippen LogP contribution in [-0.4, -0.2) is 18.3 Å². The fraction of sp³-hybridized carbons (Fsp3) is 0.200. The van der Waals surface area contributed by atoms with Crippen LogP contribution in [0.1, 0.15) is 28.2 Å². The number of ether oxygens (including phenoxy) is 1. The zero-order chi connectivity index (χ0) is 14.9. The Morgan fingerprint density at radius 1 is 0.955 bits per heavy atom. The molecule has 22 heavy (non-hydrogen) atoms. The van der Waals surface area contributed by atoms with E-state index in [1.165, 1.54) is 27.8 Å². The van der Waals surface area contributed by atoms with Crippen molar-refractivity contribution in [2.75, 3.05) is 13.2 Å². The van der Waals surface area contributed by atoms with E-state index in [-0.39, 0.29) is 12.5 Å². The maximum Gasteiger partial charge on any atom is 0.111 e. The minimum atomic E-state index is 0.0413. The maximum absolute atomic E-state index is 9.07. The van der Waals surface area contributed by atoms with Crippen molar-refractivity contribution in [2.24, 2.45) is 0 Å². The molecule has 0 heterocycles. The minimum Gasteiger partial charge on any atom is -0.495 e. The molecule has 2 heteroatoms. The Bertz CT molecular complexity index is 771. The molecule has 0 spiro atoms. The quantitative estimate of drug-likeness (QED) is 0.928.